The van der Waals surface area contributed by atoms with Gasteiger partial charge in [0.1, 0.15) is 36.3 Å². The minimum Gasteiger partial charge on any atom is -0.477 e. The van der Waals surface area contributed by atoms with Crippen LogP contribution in [-0.4, -0.2) is 131 Å². The fourth-order valence-corrected chi connectivity index (χ4v) is 5.85. The summed E-state index contributed by atoms with van der Waals surface area (Å²) in [4.78, 5) is 62.5. The predicted molar refractivity (Wildman–Crippen MR) is 154 cm³/mol. The van der Waals surface area contributed by atoms with Crippen molar-refractivity contribution in [3.8, 4) is 0 Å². The van der Waals surface area contributed by atoms with Gasteiger partial charge >= 0.3 is 19.5 Å². The first-order valence-corrected chi connectivity index (χ1v) is 15.9. The van der Waals surface area contributed by atoms with Crippen molar-refractivity contribution in [1.29, 1.82) is 0 Å². The van der Waals surface area contributed by atoms with Crippen molar-refractivity contribution in [2.45, 2.75) is 94.4 Å². The van der Waals surface area contributed by atoms with E-state index in [0.717, 1.165) is 17.7 Å². The van der Waals surface area contributed by atoms with Crippen LogP contribution in [0.25, 0.3) is 0 Å². The van der Waals surface area contributed by atoms with Crippen molar-refractivity contribution >= 4 is 31.4 Å². The highest BCUT2D eigenvalue weighted by Gasteiger charge is 2.59. The van der Waals surface area contributed by atoms with E-state index in [9.17, 15) is 59.3 Å². The van der Waals surface area contributed by atoms with Gasteiger partial charge in [0.05, 0.1) is 24.9 Å². The van der Waals surface area contributed by atoms with Gasteiger partial charge in [-0.25, -0.2) is 18.7 Å². The Hall–Kier alpha value is -3.08. The van der Waals surface area contributed by atoms with Crippen molar-refractivity contribution in [3.63, 3.8) is 0 Å². The molecule has 21 nitrogen and oxygen atoms in total. The summed E-state index contributed by atoms with van der Waals surface area (Å²) in [5, 5.41) is 67.8. The number of ether oxygens (including phenoxy) is 2. The summed E-state index contributed by atoms with van der Waals surface area (Å²) in [5.74, 6) is -7.15. The van der Waals surface area contributed by atoms with Crippen LogP contribution in [-0.2, 0) is 37.5 Å². The maximum absolute atomic E-state index is 13.0. The Balaban J connectivity index is 1.79. The Morgan fingerprint density at radius 1 is 1.26 bits per heavy atom. The van der Waals surface area contributed by atoms with E-state index >= 15 is 0 Å². The van der Waals surface area contributed by atoms with Gasteiger partial charge in [-0.3, -0.25) is 18.7 Å². The summed E-state index contributed by atoms with van der Waals surface area (Å²) in [7, 11) is -5.56. The minimum absolute atomic E-state index is 0.138. The molecule has 3 rings (SSSR count). The largest absolute Gasteiger partial charge is 0.477 e. The molecule has 1 aromatic rings. The standard InChI is InChI=1S/C25H40N5O16P/c1-4-10(2)21(37)27-8-13(33)17(34)20-16(28-11(3)31)12(32)7-25(45-20,23(38)39)46-47(41,42)43-9-14-18(35)19(36)22(44-14)30-6-5-15(26)29-24(30)40/h5-6,10,12-14,16-20,22,32-36H,4,7-9H2,1-3H3,(H,27,37)(H,28,31)(H,38,39)(H,41,42)(H2,26,29,40)/t10?,12?,13?,14-,16?,17?,18-,19-,20?,22-,25?/m1/s1. The van der Waals surface area contributed by atoms with Crippen LogP contribution < -0.4 is 22.1 Å². The molecule has 1 aromatic heterocycles. The van der Waals surface area contributed by atoms with Crippen LogP contribution in [0.1, 0.15) is 39.8 Å². The van der Waals surface area contributed by atoms with Gasteiger partial charge in [-0.05, 0) is 12.5 Å². The lowest BCUT2D eigenvalue weighted by Crippen LogP contribution is -2.68. The molecule has 0 aliphatic carbocycles. The van der Waals surface area contributed by atoms with E-state index in [1.54, 1.807) is 13.8 Å². The number of rotatable bonds is 14. The second-order valence-electron chi connectivity index (χ2n) is 11.2. The van der Waals surface area contributed by atoms with E-state index in [-0.39, 0.29) is 5.82 Å². The third-order valence-electron chi connectivity index (χ3n) is 7.67. The summed E-state index contributed by atoms with van der Waals surface area (Å²) >= 11 is 0. The number of anilines is 1. The third-order valence-corrected chi connectivity index (χ3v) is 8.67. The number of phosphoric acid groups is 1. The first-order chi connectivity index (χ1) is 21.8. The van der Waals surface area contributed by atoms with Crippen LogP contribution in [0.15, 0.2) is 17.1 Å². The molecule has 266 valence electrons. The normalized spacial score (nSPS) is 32.5. The van der Waals surface area contributed by atoms with E-state index in [2.05, 4.69) is 15.6 Å². The van der Waals surface area contributed by atoms with Crippen molar-refractivity contribution in [2.75, 3.05) is 18.9 Å². The highest BCUT2D eigenvalue weighted by atomic mass is 31.2. The van der Waals surface area contributed by atoms with Crippen molar-refractivity contribution in [1.82, 2.24) is 20.2 Å². The zero-order valence-electron chi connectivity index (χ0n) is 25.5. The number of carbonyl (C=O) groups is 3. The average Bonchev–Trinajstić information content (AvgIpc) is 3.27. The smallest absolute Gasteiger partial charge is 0.475 e. The number of carboxylic acids is 1. The molecule has 2 amide bonds. The molecule has 2 saturated heterocycles. The third kappa shape index (κ3) is 9.09. The number of phosphoric ester groups is 1. The first kappa shape index (κ1) is 38.4. The second-order valence-corrected chi connectivity index (χ2v) is 12.6. The molecule has 12 atom stereocenters. The topological polar surface area (TPSA) is 332 Å². The molecule has 2 fully saturated rings. The molecule has 0 aromatic carbocycles. The molecule has 8 unspecified atom stereocenters. The van der Waals surface area contributed by atoms with E-state index in [1.165, 1.54) is 6.07 Å². The van der Waals surface area contributed by atoms with Crippen LogP contribution in [0.5, 0.6) is 0 Å². The number of aromatic nitrogens is 2. The Morgan fingerprint density at radius 3 is 2.49 bits per heavy atom. The summed E-state index contributed by atoms with van der Waals surface area (Å²) in [6.07, 6.45) is -14.1. The number of carboxylic acid groups (broad SMARTS) is 1. The molecule has 0 spiro atoms. The number of nitrogens with zero attached hydrogens (tertiary/aromatic N) is 2. The predicted octanol–water partition coefficient (Wildman–Crippen LogP) is -4.10. The number of aliphatic carboxylic acids is 1. The lowest BCUT2D eigenvalue weighted by Gasteiger charge is -2.46. The van der Waals surface area contributed by atoms with Crippen LogP contribution in [0.3, 0.4) is 0 Å². The van der Waals surface area contributed by atoms with Crippen LogP contribution in [0, 0.1) is 5.92 Å². The second kappa shape index (κ2) is 15.4. The molecule has 2 aliphatic heterocycles. The van der Waals surface area contributed by atoms with Gasteiger partial charge in [0.2, 0.25) is 11.8 Å². The van der Waals surface area contributed by atoms with Gasteiger partial charge in [0.25, 0.3) is 5.79 Å². The molecule has 22 heteroatoms. The summed E-state index contributed by atoms with van der Waals surface area (Å²) in [6, 6.07) is -0.375. The summed E-state index contributed by atoms with van der Waals surface area (Å²) in [6.45, 7) is 2.80. The lowest BCUT2D eigenvalue weighted by atomic mass is 9.88. The van der Waals surface area contributed by atoms with E-state index in [4.69, 9.17) is 24.3 Å². The van der Waals surface area contributed by atoms with Crippen molar-refractivity contribution < 1.29 is 73.0 Å². The Labute approximate surface area is 266 Å². The highest BCUT2D eigenvalue weighted by molar-refractivity contribution is 7.47. The van der Waals surface area contributed by atoms with E-state index in [0.29, 0.717) is 6.42 Å². The van der Waals surface area contributed by atoms with Crippen LogP contribution in [0.2, 0.25) is 0 Å². The first-order valence-electron chi connectivity index (χ1n) is 14.4. The Bertz CT molecular complexity index is 1400. The SMILES string of the molecule is CCC(C)C(=O)NCC(O)C(O)C1OC(OP(=O)(O)OC[C@H]2O[C@@H](n3ccc(N)nc3=O)[C@H](O)[C@@H]2O)(C(=O)O)CC(O)C1NC(C)=O. The fraction of sp³-hybridized carbons (Fsp3) is 0.720. The quantitative estimate of drug-likeness (QED) is 0.0826. The molecule has 0 radical (unpaired) electrons. The minimum atomic E-state index is -5.56. The summed E-state index contributed by atoms with van der Waals surface area (Å²) < 4.78 is 34.3. The van der Waals surface area contributed by atoms with Gasteiger partial charge in [-0.1, -0.05) is 13.8 Å². The van der Waals surface area contributed by atoms with Gasteiger partial charge in [-0.2, -0.15) is 4.98 Å². The molecule has 3 heterocycles. The maximum atomic E-state index is 13.0. The average molecular weight is 698 g/mol. The van der Waals surface area contributed by atoms with Gasteiger partial charge in [0.15, 0.2) is 6.23 Å². The van der Waals surface area contributed by atoms with Gasteiger partial charge in [-0.15, -0.1) is 0 Å². The number of hydrogen-bond acceptors (Lipinski definition) is 16. The Morgan fingerprint density at radius 2 is 1.91 bits per heavy atom. The maximum Gasteiger partial charge on any atom is 0.475 e. The number of nitrogen functional groups attached to an aromatic ring is 1. The molecule has 0 saturated carbocycles. The van der Waals surface area contributed by atoms with Crippen molar-refractivity contribution in [2.24, 2.45) is 5.92 Å². The number of carbonyl (C=O) groups excluding carboxylic acids is 2. The Kier molecular flexibility index (Phi) is 12.6. The van der Waals surface area contributed by atoms with Gasteiger partial charge < -0.3 is 61.4 Å². The number of nitrogens with two attached hydrogens (primary N) is 1. The number of amides is 2. The molecular weight excluding hydrogens is 657 g/mol. The number of aliphatic hydroxyl groups excluding tert-OH is 5. The van der Waals surface area contributed by atoms with E-state index in [1.807, 2.05) is 0 Å². The fourth-order valence-electron chi connectivity index (χ4n) is 4.89. The zero-order valence-corrected chi connectivity index (χ0v) is 26.4. The molecule has 47 heavy (non-hydrogen) atoms. The molecule has 0 bridgehead atoms. The number of nitrogens with one attached hydrogen (secondary N) is 2. The van der Waals surface area contributed by atoms with Crippen LogP contribution in [0.4, 0.5) is 5.82 Å². The monoisotopic (exact) mass is 697 g/mol. The lowest BCUT2D eigenvalue weighted by molar-refractivity contribution is -0.288. The van der Waals surface area contributed by atoms with E-state index < -0.39 is 118 Å². The number of aliphatic hydroxyl groups is 5. The zero-order chi connectivity index (χ0) is 35.4. The highest BCUT2D eigenvalue weighted by Crippen LogP contribution is 2.51. The van der Waals surface area contributed by atoms with Crippen molar-refractivity contribution in [3.05, 3.63) is 22.7 Å². The van der Waals surface area contributed by atoms with Crippen LogP contribution >= 0.6 is 7.82 Å². The molecular formula is C25H40N5O16P. The van der Waals surface area contributed by atoms with Gasteiger partial charge in [0, 0.05) is 32.0 Å². The molecule has 11 N–H and O–H groups in total. The summed E-state index contributed by atoms with van der Waals surface area (Å²) in [5.41, 5.74) is 4.49. The number of hydrogen-bond donors (Lipinski definition) is 10. The molecule has 2 aliphatic rings.